The van der Waals surface area contributed by atoms with Gasteiger partial charge in [0, 0.05) is 16.0 Å². The largest absolute Gasteiger partial charge is 0.493 e. The van der Waals surface area contributed by atoms with Crippen molar-refractivity contribution >= 4 is 44.8 Å². The Bertz CT molecular complexity index is 961. The Morgan fingerprint density at radius 2 is 1.71 bits per heavy atom. The third-order valence-corrected chi connectivity index (χ3v) is 5.53. The van der Waals surface area contributed by atoms with Crippen molar-refractivity contribution in [1.82, 2.24) is 0 Å². The second-order valence-electron chi connectivity index (χ2n) is 6.35. The van der Waals surface area contributed by atoms with Crippen LogP contribution in [0.25, 0.3) is 0 Å². The van der Waals surface area contributed by atoms with E-state index in [0.29, 0.717) is 34.7 Å². The number of ether oxygens (including phenoxy) is 2. The first-order valence-electron chi connectivity index (χ1n) is 8.70. The number of anilines is 1. The minimum atomic E-state index is 0.473. The molecule has 3 nitrogen and oxygen atoms in total. The summed E-state index contributed by atoms with van der Waals surface area (Å²) in [5.41, 5.74) is 4.16. The normalized spacial score (nSPS) is 10.6. The van der Waals surface area contributed by atoms with Crippen molar-refractivity contribution in [3.63, 3.8) is 0 Å². The van der Waals surface area contributed by atoms with Crippen LogP contribution < -0.4 is 14.8 Å². The van der Waals surface area contributed by atoms with Gasteiger partial charge in [0.15, 0.2) is 11.5 Å². The van der Waals surface area contributed by atoms with Crippen LogP contribution in [0.5, 0.6) is 11.5 Å². The lowest BCUT2D eigenvalue weighted by molar-refractivity contribution is 0.284. The van der Waals surface area contributed by atoms with E-state index in [1.807, 2.05) is 18.2 Å². The summed E-state index contributed by atoms with van der Waals surface area (Å²) in [5, 5.41) is 4.50. The van der Waals surface area contributed by atoms with Gasteiger partial charge in [-0.1, -0.05) is 69.0 Å². The number of aryl methyl sites for hydroxylation is 1. The monoisotopic (exact) mass is 479 g/mol. The quantitative estimate of drug-likeness (QED) is 0.385. The molecule has 0 bridgehead atoms. The van der Waals surface area contributed by atoms with Crippen molar-refractivity contribution in [2.45, 2.75) is 20.1 Å². The summed E-state index contributed by atoms with van der Waals surface area (Å²) in [5.74, 6) is 1.36. The molecule has 146 valence electrons. The zero-order valence-electron chi connectivity index (χ0n) is 15.6. The second-order valence-corrected chi connectivity index (χ2v) is 8.04. The van der Waals surface area contributed by atoms with E-state index in [0.717, 1.165) is 21.3 Å². The lowest BCUT2D eigenvalue weighted by atomic mass is 10.1. The average Bonchev–Trinajstić information content (AvgIpc) is 2.68. The molecule has 0 aliphatic rings. The number of benzene rings is 3. The predicted octanol–water partition coefficient (Wildman–Crippen LogP) is 7.26. The molecule has 6 heteroatoms. The maximum atomic E-state index is 6.23. The van der Waals surface area contributed by atoms with Gasteiger partial charge in [0.1, 0.15) is 6.61 Å². The number of hydrogen-bond donors (Lipinski definition) is 1. The molecule has 0 atom stereocenters. The van der Waals surface area contributed by atoms with Crippen molar-refractivity contribution in [1.29, 1.82) is 0 Å². The smallest absolute Gasteiger partial charge is 0.162 e. The highest BCUT2D eigenvalue weighted by molar-refractivity contribution is 9.10. The van der Waals surface area contributed by atoms with Crippen LogP contribution in [-0.4, -0.2) is 7.11 Å². The predicted molar refractivity (Wildman–Crippen MR) is 120 cm³/mol. The first-order chi connectivity index (χ1) is 13.5. The first kappa shape index (κ1) is 20.8. The Morgan fingerprint density at radius 3 is 2.39 bits per heavy atom. The third-order valence-electron chi connectivity index (χ3n) is 4.25. The van der Waals surface area contributed by atoms with Crippen LogP contribution in [-0.2, 0) is 13.2 Å². The third kappa shape index (κ3) is 5.34. The molecule has 1 N–H and O–H groups in total. The topological polar surface area (TPSA) is 30.5 Å². The fraction of sp³-hybridized carbons (Fsp3) is 0.182. The van der Waals surface area contributed by atoms with Gasteiger partial charge in [-0.2, -0.15) is 0 Å². The van der Waals surface area contributed by atoms with Gasteiger partial charge in [0.25, 0.3) is 0 Å². The molecule has 0 spiro atoms. The van der Waals surface area contributed by atoms with Crippen molar-refractivity contribution in [3.05, 3.63) is 85.8 Å². The first-order valence-corrected chi connectivity index (χ1v) is 10.2. The fourth-order valence-electron chi connectivity index (χ4n) is 2.65. The highest BCUT2D eigenvalue weighted by Gasteiger charge is 2.11. The van der Waals surface area contributed by atoms with E-state index in [9.17, 15) is 0 Å². The molecule has 3 aromatic rings. The summed E-state index contributed by atoms with van der Waals surface area (Å²) < 4.78 is 12.4. The number of nitrogens with one attached hydrogen (secondary N) is 1. The van der Waals surface area contributed by atoms with E-state index in [2.05, 4.69) is 52.4 Å². The summed E-state index contributed by atoms with van der Waals surface area (Å²) in [7, 11) is 1.63. The van der Waals surface area contributed by atoms with Crippen LogP contribution in [0.2, 0.25) is 10.0 Å². The minimum absolute atomic E-state index is 0.473. The second kappa shape index (κ2) is 9.55. The summed E-state index contributed by atoms with van der Waals surface area (Å²) in [6.07, 6.45) is 0. The highest BCUT2D eigenvalue weighted by Crippen LogP contribution is 2.35. The number of hydrogen-bond acceptors (Lipinski definition) is 3. The zero-order chi connectivity index (χ0) is 20.1. The van der Waals surface area contributed by atoms with Crippen molar-refractivity contribution < 1.29 is 9.47 Å². The Morgan fingerprint density at radius 1 is 0.964 bits per heavy atom. The fourth-order valence-corrected chi connectivity index (χ4v) is 3.59. The molecular formula is C22H20BrCl2NO2. The van der Waals surface area contributed by atoms with E-state index >= 15 is 0 Å². The Labute approximate surface area is 183 Å². The molecule has 0 aromatic heterocycles. The van der Waals surface area contributed by atoms with Crippen LogP contribution in [0, 0.1) is 6.92 Å². The molecule has 0 radical (unpaired) electrons. The molecule has 0 fully saturated rings. The lowest BCUT2D eigenvalue weighted by Crippen LogP contribution is -2.03. The van der Waals surface area contributed by atoms with Gasteiger partial charge < -0.3 is 14.8 Å². The van der Waals surface area contributed by atoms with E-state index in [1.165, 1.54) is 5.56 Å². The average molecular weight is 481 g/mol. The molecule has 0 unspecified atom stereocenters. The molecule has 3 rings (SSSR count). The lowest BCUT2D eigenvalue weighted by Gasteiger charge is -2.15. The summed E-state index contributed by atoms with van der Waals surface area (Å²) >= 11 is 15.8. The molecular weight excluding hydrogens is 461 g/mol. The van der Waals surface area contributed by atoms with Crippen LogP contribution in [0.4, 0.5) is 5.69 Å². The van der Waals surface area contributed by atoms with Crippen LogP contribution >= 0.6 is 39.1 Å². The SMILES string of the molecule is COc1cc(CNc2ccc(Cl)cc2Cl)c(Br)cc1OCc1ccc(C)cc1. The molecule has 0 amide bonds. The maximum absolute atomic E-state index is 6.23. The van der Waals surface area contributed by atoms with Gasteiger partial charge in [-0.25, -0.2) is 0 Å². The van der Waals surface area contributed by atoms with Crippen molar-refractivity contribution in [3.8, 4) is 11.5 Å². The zero-order valence-corrected chi connectivity index (χ0v) is 18.7. The number of halogens is 3. The van der Waals surface area contributed by atoms with E-state index in [4.69, 9.17) is 32.7 Å². The number of rotatable bonds is 7. The van der Waals surface area contributed by atoms with Crippen LogP contribution in [0.1, 0.15) is 16.7 Å². The van der Waals surface area contributed by atoms with Gasteiger partial charge in [0.05, 0.1) is 17.8 Å². The molecule has 0 aliphatic carbocycles. The molecule has 0 saturated carbocycles. The Hall–Kier alpha value is -1.88. The summed E-state index contributed by atoms with van der Waals surface area (Å²) in [6, 6.07) is 17.5. The van der Waals surface area contributed by atoms with Gasteiger partial charge in [-0.15, -0.1) is 0 Å². The van der Waals surface area contributed by atoms with E-state index in [-0.39, 0.29) is 0 Å². The van der Waals surface area contributed by atoms with Gasteiger partial charge in [0.2, 0.25) is 0 Å². The Kier molecular flexibility index (Phi) is 7.11. The van der Waals surface area contributed by atoms with Crippen molar-refractivity contribution in [2.75, 3.05) is 12.4 Å². The highest BCUT2D eigenvalue weighted by atomic mass is 79.9. The van der Waals surface area contributed by atoms with Gasteiger partial charge in [-0.3, -0.25) is 0 Å². The number of methoxy groups -OCH3 is 1. The molecule has 28 heavy (non-hydrogen) atoms. The molecule has 3 aromatic carbocycles. The molecule has 0 aliphatic heterocycles. The van der Waals surface area contributed by atoms with Crippen LogP contribution in [0.15, 0.2) is 59.1 Å². The van der Waals surface area contributed by atoms with E-state index < -0.39 is 0 Å². The van der Waals surface area contributed by atoms with Crippen molar-refractivity contribution in [2.24, 2.45) is 0 Å². The summed E-state index contributed by atoms with van der Waals surface area (Å²) in [6.45, 7) is 3.10. The molecule has 0 saturated heterocycles. The van der Waals surface area contributed by atoms with Gasteiger partial charge in [-0.05, 0) is 48.4 Å². The molecule has 0 heterocycles. The summed E-state index contributed by atoms with van der Waals surface area (Å²) in [4.78, 5) is 0. The Balaban J connectivity index is 1.72. The van der Waals surface area contributed by atoms with Gasteiger partial charge >= 0.3 is 0 Å². The standard InChI is InChI=1S/C22H20BrCl2NO2/c1-14-3-5-15(6-4-14)13-28-22-11-18(23)16(9-21(22)27-2)12-26-20-8-7-17(24)10-19(20)25/h3-11,26H,12-13H2,1-2H3. The minimum Gasteiger partial charge on any atom is -0.493 e. The maximum Gasteiger partial charge on any atom is 0.162 e. The van der Waals surface area contributed by atoms with Crippen LogP contribution in [0.3, 0.4) is 0 Å². The van der Waals surface area contributed by atoms with E-state index in [1.54, 1.807) is 19.2 Å².